The number of rotatable bonds is 1. The van der Waals surface area contributed by atoms with Crippen LogP contribution in [0.4, 0.5) is 0 Å². The van der Waals surface area contributed by atoms with Crippen molar-refractivity contribution in [3.63, 3.8) is 0 Å². The molecule has 0 fully saturated rings. The third kappa shape index (κ3) is 2.06. The first-order chi connectivity index (χ1) is 13.6. The van der Waals surface area contributed by atoms with E-state index in [4.69, 9.17) is 0 Å². The Morgan fingerprint density at radius 2 is 1.29 bits per heavy atom. The van der Waals surface area contributed by atoms with Crippen molar-refractivity contribution in [2.75, 3.05) is 0 Å². The maximum Gasteiger partial charge on any atom is 0.0159 e. The predicted molar refractivity (Wildman–Crippen MR) is 118 cm³/mol. The van der Waals surface area contributed by atoms with Crippen LogP contribution in [0.2, 0.25) is 0 Å². The lowest BCUT2D eigenvalue weighted by Gasteiger charge is -2.22. The number of benzene rings is 4. The van der Waals surface area contributed by atoms with Gasteiger partial charge in [0.1, 0.15) is 0 Å². The summed E-state index contributed by atoms with van der Waals surface area (Å²) in [5.74, 6) is 0. The minimum Gasteiger partial charge on any atom is -0.0622 e. The van der Waals surface area contributed by atoms with Gasteiger partial charge in [-0.15, -0.1) is 0 Å². The van der Waals surface area contributed by atoms with Gasteiger partial charge in [-0.25, -0.2) is 0 Å². The predicted octanol–water partition coefficient (Wildman–Crippen LogP) is 7.23. The fourth-order valence-corrected chi connectivity index (χ4v) is 5.18. The van der Waals surface area contributed by atoms with Crippen molar-refractivity contribution in [2.45, 2.75) is 25.7 Å². The SMILES string of the molecule is CC1(C)c2cc(-c3ccccc3)ccc2-c2cc3c(cc21)-c1ccccc1C3. The van der Waals surface area contributed by atoms with Gasteiger partial charge in [-0.05, 0) is 80.3 Å². The van der Waals surface area contributed by atoms with Crippen molar-refractivity contribution in [3.05, 3.63) is 107 Å². The Balaban J connectivity index is 1.55. The van der Waals surface area contributed by atoms with E-state index >= 15 is 0 Å². The van der Waals surface area contributed by atoms with Gasteiger partial charge in [0.15, 0.2) is 0 Å². The van der Waals surface area contributed by atoms with E-state index in [1.807, 2.05) is 0 Å². The Morgan fingerprint density at radius 3 is 2.14 bits per heavy atom. The highest BCUT2D eigenvalue weighted by atomic mass is 14.4. The van der Waals surface area contributed by atoms with Crippen LogP contribution in [0.25, 0.3) is 33.4 Å². The molecule has 0 heteroatoms. The summed E-state index contributed by atoms with van der Waals surface area (Å²) in [5, 5.41) is 0. The summed E-state index contributed by atoms with van der Waals surface area (Å²) in [6, 6.07) is 31.5. The molecule has 0 nitrogen and oxygen atoms in total. The van der Waals surface area contributed by atoms with Gasteiger partial charge in [-0.2, -0.15) is 0 Å². The van der Waals surface area contributed by atoms with Crippen LogP contribution in [0, 0.1) is 0 Å². The van der Waals surface area contributed by atoms with Crippen LogP contribution in [0.5, 0.6) is 0 Å². The molecule has 0 saturated carbocycles. The van der Waals surface area contributed by atoms with Gasteiger partial charge in [0.25, 0.3) is 0 Å². The van der Waals surface area contributed by atoms with E-state index in [2.05, 4.69) is 98.8 Å². The molecule has 28 heavy (non-hydrogen) atoms. The number of hydrogen-bond donors (Lipinski definition) is 0. The summed E-state index contributed by atoms with van der Waals surface area (Å²) in [7, 11) is 0. The Labute approximate surface area is 166 Å². The molecule has 4 aromatic rings. The van der Waals surface area contributed by atoms with Gasteiger partial charge < -0.3 is 0 Å². The van der Waals surface area contributed by atoms with Gasteiger partial charge in [0.05, 0.1) is 0 Å². The average molecular weight is 358 g/mol. The maximum atomic E-state index is 2.47. The maximum absolute atomic E-state index is 2.47. The number of hydrogen-bond acceptors (Lipinski definition) is 0. The molecule has 0 amide bonds. The zero-order valence-corrected chi connectivity index (χ0v) is 16.3. The van der Waals surface area contributed by atoms with Crippen molar-refractivity contribution >= 4 is 0 Å². The number of fused-ring (bicyclic) bond motifs is 6. The molecule has 0 unspecified atom stereocenters. The zero-order chi connectivity index (χ0) is 18.9. The normalized spacial score (nSPS) is 14.9. The Kier molecular flexibility index (Phi) is 3.09. The minimum absolute atomic E-state index is 0.0159. The van der Waals surface area contributed by atoms with Gasteiger partial charge >= 0.3 is 0 Å². The van der Waals surface area contributed by atoms with Crippen molar-refractivity contribution in [1.29, 1.82) is 0 Å². The molecule has 0 heterocycles. The highest BCUT2D eigenvalue weighted by Gasteiger charge is 2.37. The topological polar surface area (TPSA) is 0 Å². The standard InChI is InChI=1S/C28H22/c1-28(2)26-16-19(18-8-4-3-5-9-18)12-13-23(26)25-15-21-14-20-10-6-7-11-22(20)24(21)17-27(25)28/h3-13,15-17H,14H2,1-2H3. The highest BCUT2D eigenvalue weighted by molar-refractivity contribution is 5.89. The van der Waals surface area contributed by atoms with E-state index in [1.54, 1.807) is 0 Å². The molecule has 2 aliphatic carbocycles. The molecule has 134 valence electrons. The monoisotopic (exact) mass is 358 g/mol. The molecular weight excluding hydrogens is 336 g/mol. The van der Waals surface area contributed by atoms with E-state index in [9.17, 15) is 0 Å². The largest absolute Gasteiger partial charge is 0.0622 e. The van der Waals surface area contributed by atoms with E-state index in [-0.39, 0.29) is 5.41 Å². The van der Waals surface area contributed by atoms with E-state index in [0.29, 0.717) is 0 Å². The second kappa shape index (κ2) is 5.45. The van der Waals surface area contributed by atoms with Crippen LogP contribution in [-0.2, 0) is 11.8 Å². The third-order valence-corrected chi connectivity index (χ3v) is 6.70. The second-order valence-electron chi connectivity index (χ2n) is 8.64. The summed E-state index contributed by atoms with van der Waals surface area (Å²) in [6.45, 7) is 4.75. The van der Waals surface area contributed by atoms with E-state index < -0.39 is 0 Å². The zero-order valence-electron chi connectivity index (χ0n) is 16.3. The molecule has 0 bridgehead atoms. The molecule has 0 radical (unpaired) electrons. The molecular formula is C28H22. The van der Waals surface area contributed by atoms with Crippen LogP contribution in [0.15, 0.2) is 84.9 Å². The van der Waals surface area contributed by atoms with Crippen molar-refractivity contribution in [1.82, 2.24) is 0 Å². The Morgan fingerprint density at radius 1 is 0.536 bits per heavy atom. The first kappa shape index (κ1) is 15.9. The quantitative estimate of drug-likeness (QED) is 0.296. The molecule has 0 saturated heterocycles. The van der Waals surface area contributed by atoms with Gasteiger partial charge in [0.2, 0.25) is 0 Å². The molecule has 2 aliphatic rings. The summed E-state index contributed by atoms with van der Waals surface area (Å²) in [6.07, 6.45) is 1.05. The van der Waals surface area contributed by atoms with Crippen molar-refractivity contribution in [3.8, 4) is 33.4 Å². The second-order valence-corrected chi connectivity index (χ2v) is 8.64. The molecule has 0 atom stereocenters. The Hall–Kier alpha value is -3.12. The van der Waals surface area contributed by atoms with Crippen LogP contribution in [0.3, 0.4) is 0 Å². The molecule has 0 N–H and O–H groups in total. The lowest BCUT2D eigenvalue weighted by atomic mass is 9.80. The van der Waals surface area contributed by atoms with Crippen molar-refractivity contribution < 1.29 is 0 Å². The van der Waals surface area contributed by atoms with E-state index in [0.717, 1.165) is 6.42 Å². The summed E-state index contributed by atoms with van der Waals surface area (Å²) in [5.41, 5.74) is 14.1. The summed E-state index contributed by atoms with van der Waals surface area (Å²) in [4.78, 5) is 0. The first-order valence-corrected chi connectivity index (χ1v) is 10.1. The molecule has 4 aromatic carbocycles. The lowest BCUT2D eigenvalue weighted by molar-refractivity contribution is 0.661. The molecule has 0 aromatic heterocycles. The van der Waals surface area contributed by atoms with Crippen molar-refractivity contribution in [2.24, 2.45) is 0 Å². The molecule has 0 spiro atoms. The van der Waals surface area contributed by atoms with Crippen LogP contribution < -0.4 is 0 Å². The van der Waals surface area contributed by atoms with E-state index in [1.165, 1.54) is 55.6 Å². The Bertz CT molecular complexity index is 1240. The van der Waals surface area contributed by atoms with Gasteiger partial charge in [0, 0.05) is 5.41 Å². The smallest absolute Gasteiger partial charge is 0.0159 e. The fourth-order valence-electron chi connectivity index (χ4n) is 5.18. The minimum atomic E-state index is 0.0159. The van der Waals surface area contributed by atoms with Gasteiger partial charge in [-0.3, -0.25) is 0 Å². The van der Waals surface area contributed by atoms with Crippen LogP contribution in [-0.4, -0.2) is 0 Å². The first-order valence-electron chi connectivity index (χ1n) is 10.1. The van der Waals surface area contributed by atoms with Gasteiger partial charge in [-0.1, -0.05) is 80.6 Å². The third-order valence-electron chi connectivity index (χ3n) is 6.70. The summed E-state index contributed by atoms with van der Waals surface area (Å²) >= 11 is 0. The molecule has 6 rings (SSSR count). The summed E-state index contributed by atoms with van der Waals surface area (Å²) < 4.78 is 0. The highest BCUT2D eigenvalue weighted by Crippen LogP contribution is 2.52. The molecule has 0 aliphatic heterocycles. The van der Waals surface area contributed by atoms with Crippen LogP contribution in [0.1, 0.15) is 36.1 Å². The average Bonchev–Trinajstić information content (AvgIpc) is 3.20. The lowest BCUT2D eigenvalue weighted by Crippen LogP contribution is -2.15. The van der Waals surface area contributed by atoms with Crippen LogP contribution >= 0.6 is 0 Å². The fraction of sp³-hybridized carbons (Fsp3) is 0.143.